The zero-order chi connectivity index (χ0) is 13.1. The van der Waals surface area contributed by atoms with Crippen LogP contribution < -0.4 is 5.32 Å². The van der Waals surface area contributed by atoms with Crippen LogP contribution in [0.4, 0.5) is 18.9 Å². The Balaban J connectivity index is 2.22. The van der Waals surface area contributed by atoms with Crippen molar-refractivity contribution in [2.75, 3.05) is 5.32 Å². The van der Waals surface area contributed by atoms with Crippen LogP contribution in [0.2, 0.25) is 0 Å². The van der Waals surface area contributed by atoms with Crippen LogP contribution in [-0.2, 0) is 0 Å². The van der Waals surface area contributed by atoms with Crippen LogP contribution in [0.25, 0.3) is 0 Å². The minimum atomic E-state index is -1.22. The number of halogens is 3. The monoisotopic (exact) mass is 253 g/mol. The molecule has 1 unspecified atom stereocenters. The number of anilines is 1. The normalized spacial score (nSPS) is 12.2. The predicted octanol–water partition coefficient (Wildman–Crippen LogP) is 3.07. The fourth-order valence-electron chi connectivity index (χ4n) is 1.47. The molecule has 1 atom stereocenters. The van der Waals surface area contributed by atoms with Crippen molar-refractivity contribution in [1.82, 2.24) is 9.97 Å². The van der Waals surface area contributed by atoms with Crippen molar-refractivity contribution >= 4 is 5.69 Å². The van der Waals surface area contributed by atoms with E-state index in [1.807, 2.05) is 0 Å². The van der Waals surface area contributed by atoms with Crippen LogP contribution in [0.3, 0.4) is 0 Å². The van der Waals surface area contributed by atoms with E-state index in [0.29, 0.717) is 11.8 Å². The number of rotatable bonds is 3. The van der Waals surface area contributed by atoms with Crippen LogP contribution in [0, 0.1) is 17.5 Å². The topological polar surface area (TPSA) is 37.8 Å². The third-order valence-corrected chi connectivity index (χ3v) is 2.41. The van der Waals surface area contributed by atoms with Crippen molar-refractivity contribution in [2.45, 2.75) is 13.0 Å². The highest BCUT2D eigenvalue weighted by atomic mass is 19.2. The smallest absolute Gasteiger partial charge is 0.161 e. The van der Waals surface area contributed by atoms with Gasteiger partial charge in [0.15, 0.2) is 11.6 Å². The van der Waals surface area contributed by atoms with Crippen molar-refractivity contribution in [3.05, 3.63) is 53.9 Å². The molecule has 2 aromatic rings. The van der Waals surface area contributed by atoms with Gasteiger partial charge < -0.3 is 5.32 Å². The number of hydrogen-bond acceptors (Lipinski definition) is 3. The number of nitrogens with zero attached hydrogens (tertiary/aromatic N) is 2. The van der Waals surface area contributed by atoms with E-state index in [4.69, 9.17) is 0 Å². The molecule has 0 aliphatic carbocycles. The molecule has 1 heterocycles. The standard InChI is InChI=1S/C12H10F3N3/c1-7(12-6-16-2-3-17-12)18-11-5-9(14)8(13)4-10(11)15/h2-7,18H,1H3. The summed E-state index contributed by atoms with van der Waals surface area (Å²) in [6.07, 6.45) is 4.51. The van der Waals surface area contributed by atoms with Gasteiger partial charge in [0.05, 0.1) is 23.6 Å². The molecule has 0 radical (unpaired) electrons. The van der Waals surface area contributed by atoms with E-state index in [-0.39, 0.29) is 11.7 Å². The molecule has 0 fully saturated rings. The van der Waals surface area contributed by atoms with Crippen LogP contribution in [-0.4, -0.2) is 9.97 Å². The number of benzene rings is 1. The molecule has 0 amide bonds. The highest BCUT2D eigenvalue weighted by molar-refractivity contribution is 5.46. The first-order valence-electron chi connectivity index (χ1n) is 5.25. The second-order valence-electron chi connectivity index (χ2n) is 3.74. The van der Waals surface area contributed by atoms with Crippen LogP contribution in [0.1, 0.15) is 18.7 Å². The van der Waals surface area contributed by atoms with Gasteiger partial charge in [-0.25, -0.2) is 13.2 Å². The summed E-state index contributed by atoms with van der Waals surface area (Å²) < 4.78 is 39.2. The summed E-state index contributed by atoms with van der Waals surface area (Å²) in [5.41, 5.74) is 0.452. The van der Waals surface area contributed by atoms with Gasteiger partial charge in [0.2, 0.25) is 0 Å². The minimum absolute atomic E-state index is 0.118. The van der Waals surface area contributed by atoms with E-state index in [9.17, 15) is 13.2 Å². The summed E-state index contributed by atoms with van der Waals surface area (Å²) in [5, 5.41) is 2.71. The van der Waals surface area contributed by atoms with Gasteiger partial charge in [0.25, 0.3) is 0 Å². The summed E-state index contributed by atoms with van der Waals surface area (Å²) >= 11 is 0. The molecule has 2 rings (SSSR count). The summed E-state index contributed by atoms with van der Waals surface area (Å²) in [5.74, 6) is -3.18. The minimum Gasteiger partial charge on any atom is -0.374 e. The lowest BCUT2D eigenvalue weighted by molar-refractivity contribution is 0.495. The van der Waals surface area contributed by atoms with Crippen molar-refractivity contribution in [3.8, 4) is 0 Å². The van der Waals surface area contributed by atoms with Gasteiger partial charge in [0, 0.05) is 24.5 Å². The van der Waals surface area contributed by atoms with Crippen molar-refractivity contribution in [3.63, 3.8) is 0 Å². The Morgan fingerprint density at radius 2 is 1.78 bits per heavy atom. The molecule has 94 valence electrons. The SMILES string of the molecule is CC(Nc1cc(F)c(F)cc1F)c1cnccn1. The third-order valence-electron chi connectivity index (χ3n) is 2.41. The quantitative estimate of drug-likeness (QED) is 0.854. The molecule has 1 aromatic carbocycles. The van der Waals surface area contributed by atoms with Crippen LogP contribution in [0.15, 0.2) is 30.7 Å². The lowest BCUT2D eigenvalue weighted by Crippen LogP contribution is -2.10. The first-order valence-corrected chi connectivity index (χ1v) is 5.25. The molecule has 3 nitrogen and oxygen atoms in total. The van der Waals surface area contributed by atoms with Crippen molar-refractivity contribution in [1.29, 1.82) is 0 Å². The number of nitrogens with one attached hydrogen (secondary N) is 1. The van der Waals surface area contributed by atoms with Gasteiger partial charge in [-0.1, -0.05) is 0 Å². The molecule has 0 spiro atoms. The zero-order valence-electron chi connectivity index (χ0n) is 9.49. The maximum atomic E-state index is 13.4. The third kappa shape index (κ3) is 2.58. The Hall–Kier alpha value is -2.11. The highest BCUT2D eigenvalue weighted by Crippen LogP contribution is 2.22. The van der Waals surface area contributed by atoms with E-state index < -0.39 is 17.5 Å². The fraction of sp³-hybridized carbons (Fsp3) is 0.167. The molecule has 18 heavy (non-hydrogen) atoms. The second-order valence-corrected chi connectivity index (χ2v) is 3.74. The van der Waals surface area contributed by atoms with E-state index in [1.54, 1.807) is 6.92 Å². The first kappa shape index (κ1) is 12.3. The second kappa shape index (κ2) is 5.03. The fourth-order valence-corrected chi connectivity index (χ4v) is 1.47. The number of hydrogen-bond donors (Lipinski definition) is 1. The Labute approximate surface area is 102 Å². The molecule has 0 saturated heterocycles. The van der Waals surface area contributed by atoms with E-state index >= 15 is 0 Å². The Morgan fingerprint density at radius 3 is 2.44 bits per heavy atom. The first-order chi connectivity index (χ1) is 8.58. The lowest BCUT2D eigenvalue weighted by Gasteiger charge is -2.15. The van der Waals surface area contributed by atoms with Gasteiger partial charge >= 0.3 is 0 Å². The molecule has 0 bridgehead atoms. The molecule has 0 saturated carbocycles. The largest absolute Gasteiger partial charge is 0.374 e. The van der Waals surface area contributed by atoms with E-state index in [1.165, 1.54) is 18.6 Å². The Kier molecular flexibility index (Phi) is 3.45. The summed E-state index contributed by atoms with van der Waals surface area (Å²) in [6.45, 7) is 1.71. The highest BCUT2D eigenvalue weighted by Gasteiger charge is 2.13. The lowest BCUT2D eigenvalue weighted by atomic mass is 10.2. The maximum absolute atomic E-state index is 13.4. The van der Waals surface area contributed by atoms with Gasteiger partial charge in [-0.15, -0.1) is 0 Å². The van der Waals surface area contributed by atoms with Gasteiger partial charge in [-0.05, 0) is 6.92 Å². The molecule has 0 aliphatic rings. The zero-order valence-corrected chi connectivity index (χ0v) is 9.49. The van der Waals surface area contributed by atoms with Gasteiger partial charge in [-0.2, -0.15) is 0 Å². The number of aromatic nitrogens is 2. The molecular formula is C12H10F3N3. The van der Waals surface area contributed by atoms with E-state index in [0.717, 1.165) is 6.07 Å². The van der Waals surface area contributed by atoms with Crippen LogP contribution in [0.5, 0.6) is 0 Å². The van der Waals surface area contributed by atoms with E-state index in [2.05, 4.69) is 15.3 Å². The van der Waals surface area contributed by atoms with Crippen molar-refractivity contribution in [2.24, 2.45) is 0 Å². The molecular weight excluding hydrogens is 243 g/mol. The molecule has 6 heteroatoms. The predicted molar refractivity (Wildman–Crippen MR) is 60.4 cm³/mol. The molecule has 0 aliphatic heterocycles. The average Bonchev–Trinajstić information content (AvgIpc) is 2.37. The molecule has 1 N–H and O–H groups in total. The maximum Gasteiger partial charge on any atom is 0.161 e. The molecule has 1 aromatic heterocycles. The Morgan fingerprint density at radius 1 is 1.06 bits per heavy atom. The van der Waals surface area contributed by atoms with Gasteiger partial charge in [0.1, 0.15) is 5.82 Å². The van der Waals surface area contributed by atoms with Crippen LogP contribution >= 0.6 is 0 Å². The summed E-state index contributed by atoms with van der Waals surface area (Å²) in [7, 11) is 0. The summed E-state index contributed by atoms with van der Waals surface area (Å²) in [4.78, 5) is 7.90. The van der Waals surface area contributed by atoms with Crippen molar-refractivity contribution < 1.29 is 13.2 Å². The Bertz CT molecular complexity index is 546. The summed E-state index contributed by atoms with van der Waals surface area (Å²) in [6, 6.07) is 0.900. The average molecular weight is 253 g/mol. The van der Waals surface area contributed by atoms with Gasteiger partial charge in [-0.3, -0.25) is 9.97 Å².